The Bertz CT molecular complexity index is 1540. The number of sulfone groups is 1. The van der Waals surface area contributed by atoms with Crippen LogP contribution >= 0.6 is 0 Å². The summed E-state index contributed by atoms with van der Waals surface area (Å²) in [4.78, 5) is 21.1. The van der Waals surface area contributed by atoms with Crippen LogP contribution in [0.2, 0.25) is 0 Å². The van der Waals surface area contributed by atoms with E-state index in [9.17, 15) is 13.2 Å². The molecule has 0 aliphatic carbocycles. The molecule has 5 rings (SSSR count). The number of nitrogen functional groups attached to an aromatic ring is 1. The zero-order valence-corrected chi connectivity index (χ0v) is 20.0. The van der Waals surface area contributed by atoms with Crippen LogP contribution in [0.25, 0.3) is 28.0 Å². The predicted octanol–water partition coefficient (Wildman–Crippen LogP) is 2.06. The zero-order chi connectivity index (χ0) is 24.0. The number of benzene rings is 1. The average Bonchev–Trinajstić information content (AvgIpc) is 3.09. The number of nitrogens with one attached hydrogen (secondary N) is 1. The quantitative estimate of drug-likeness (QED) is 0.477. The first-order valence-electron chi connectivity index (χ1n) is 11.3. The Balaban J connectivity index is 1.75. The molecule has 0 radical (unpaired) electrons. The monoisotopic (exact) mass is 479 g/mol. The van der Waals surface area contributed by atoms with E-state index in [-0.39, 0.29) is 29.9 Å². The molecule has 1 aliphatic heterocycles. The van der Waals surface area contributed by atoms with E-state index >= 15 is 0 Å². The Morgan fingerprint density at radius 3 is 2.50 bits per heavy atom. The highest BCUT2D eigenvalue weighted by atomic mass is 32.2. The lowest BCUT2D eigenvalue weighted by atomic mass is 9.99. The van der Waals surface area contributed by atoms with Crippen LogP contribution in [-0.4, -0.2) is 39.1 Å². The molecule has 1 fully saturated rings. The maximum Gasteiger partial charge on any atom is 0.411 e. The maximum atomic E-state index is 13.4. The number of fused-ring (bicyclic) bond motifs is 1. The topological polar surface area (TPSA) is 126 Å². The summed E-state index contributed by atoms with van der Waals surface area (Å²) in [5.41, 5.74) is 11.3. The lowest BCUT2D eigenvalue weighted by Gasteiger charge is -2.20. The molecule has 3 aromatic heterocycles. The second-order valence-electron chi connectivity index (χ2n) is 9.01. The number of aromatic nitrogens is 5. The number of rotatable bonds is 4. The maximum absolute atomic E-state index is 13.4. The molecule has 3 N–H and O–H groups in total. The van der Waals surface area contributed by atoms with E-state index < -0.39 is 15.5 Å². The Morgan fingerprint density at radius 2 is 1.82 bits per heavy atom. The Hall–Kier alpha value is -3.53. The van der Waals surface area contributed by atoms with Gasteiger partial charge in [0.15, 0.2) is 9.84 Å². The molecule has 0 saturated carbocycles. The molecule has 1 aliphatic rings. The van der Waals surface area contributed by atoms with Crippen molar-refractivity contribution in [1.29, 1.82) is 0 Å². The van der Waals surface area contributed by atoms with Gasteiger partial charge < -0.3 is 0 Å². The summed E-state index contributed by atoms with van der Waals surface area (Å²) in [6.07, 6.45) is 1.34. The fourth-order valence-electron chi connectivity index (χ4n) is 4.84. The lowest BCUT2D eigenvalue weighted by Crippen LogP contribution is -2.33. The molecule has 10 heteroatoms. The molecule has 34 heavy (non-hydrogen) atoms. The second kappa shape index (κ2) is 8.35. The second-order valence-corrected chi connectivity index (χ2v) is 11.2. The number of hydrogen-bond donors (Lipinski definition) is 1. The Morgan fingerprint density at radius 1 is 1.12 bits per heavy atom. The average molecular weight is 480 g/mol. The highest BCUT2D eigenvalue weighted by molar-refractivity contribution is 7.91. The molecule has 176 valence electrons. The van der Waals surface area contributed by atoms with E-state index in [2.05, 4.69) is 15.1 Å². The van der Waals surface area contributed by atoms with Gasteiger partial charge >= 0.3 is 11.6 Å². The smallest absolute Gasteiger partial charge is 0.290 e. The zero-order valence-electron chi connectivity index (χ0n) is 19.2. The number of aryl methyl sites for hydroxylation is 2. The first-order chi connectivity index (χ1) is 16.2. The fourth-order valence-corrected chi connectivity index (χ4v) is 6.61. The third-order valence-corrected chi connectivity index (χ3v) is 8.12. The van der Waals surface area contributed by atoms with E-state index in [0.717, 1.165) is 40.2 Å². The summed E-state index contributed by atoms with van der Waals surface area (Å²) in [5.74, 6) is 0.276. The highest BCUT2D eigenvalue weighted by Crippen LogP contribution is 2.33. The molecule has 1 saturated heterocycles. The molecule has 0 amide bonds. The summed E-state index contributed by atoms with van der Waals surface area (Å²) in [6, 6.07) is 13.6. The van der Waals surface area contributed by atoms with Gasteiger partial charge in [-0.15, -0.1) is 9.50 Å². The van der Waals surface area contributed by atoms with Gasteiger partial charge in [-0.2, -0.15) is 4.68 Å². The van der Waals surface area contributed by atoms with Crippen molar-refractivity contribution < 1.29 is 13.4 Å². The molecular formula is C24H27N6O3S+. The van der Waals surface area contributed by atoms with Gasteiger partial charge in [-0.25, -0.2) is 18.2 Å². The van der Waals surface area contributed by atoms with Gasteiger partial charge in [-0.1, -0.05) is 30.3 Å². The standard InChI is InChI=1S/C24H26N6O3S/c1-15-11-19(12-16(2)26-15)20-21(18-8-4-3-5-9-18)27-23(25)30-22(20)28-29(24(30)31)13-17-7-6-10-34(32,33)14-17/h3-5,8-9,11-12,17H,6-7,10,13-14H2,1-2H3,(H2,25,27)/p+1. The summed E-state index contributed by atoms with van der Waals surface area (Å²) in [6.45, 7) is 4.07. The number of aromatic amines is 1. The Kier molecular flexibility index (Phi) is 5.47. The lowest BCUT2D eigenvalue weighted by molar-refractivity contribution is -0.351. The van der Waals surface area contributed by atoms with Crippen LogP contribution < -0.4 is 16.4 Å². The van der Waals surface area contributed by atoms with Gasteiger partial charge in [0.25, 0.3) is 0 Å². The number of anilines is 1. The van der Waals surface area contributed by atoms with Crippen LogP contribution in [0.15, 0.2) is 47.3 Å². The van der Waals surface area contributed by atoms with Crippen molar-refractivity contribution in [3.8, 4) is 22.4 Å². The third kappa shape index (κ3) is 4.09. The molecule has 9 nitrogen and oxygen atoms in total. The molecule has 1 unspecified atom stereocenters. The minimum absolute atomic E-state index is 0.0692. The first kappa shape index (κ1) is 22.3. The van der Waals surface area contributed by atoms with Crippen molar-refractivity contribution in [2.24, 2.45) is 5.92 Å². The summed E-state index contributed by atoms with van der Waals surface area (Å²) in [5, 5.41) is 4.69. The molecular weight excluding hydrogens is 452 g/mol. The van der Waals surface area contributed by atoms with Crippen molar-refractivity contribution in [2.45, 2.75) is 33.2 Å². The first-order valence-corrected chi connectivity index (χ1v) is 13.1. The summed E-state index contributed by atoms with van der Waals surface area (Å²) in [7, 11) is -3.09. The van der Waals surface area contributed by atoms with E-state index in [1.165, 1.54) is 9.08 Å². The third-order valence-electron chi connectivity index (χ3n) is 6.23. The van der Waals surface area contributed by atoms with Gasteiger partial charge in [-0.05, 0) is 50.3 Å². The minimum atomic E-state index is -3.09. The van der Waals surface area contributed by atoms with Crippen LogP contribution in [-0.2, 0) is 16.4 Å². The predicted molar refractivity (Wildman–Crippen MR) is 130 cm³/mol. The van der Waals surface area contributed by atoms with E-state index in [1.54, 1.807) is 0 Å². The number of nitrogens with two attached hydrogens (primary N) is 1. The summed E-state index contributed by atoms with van der Waals surface area (Å²) < 4.78 is 27.0. The minimum Gasteiger partial charge on any atom is -0.290 e. The largest absolute Gasteiger partial charge is 0.411 e. The number of H-pyrrole nitrogens is 1. The van der Waals surface area contributed by atoms with Crippen molar-refractivity contribution in [3.63, 3.8) is 0 Å². The van der Waals surface area contributed by atoms with Gasteiger partial charge in [0.1, 0.15) is 5.69 Å². The van der Waals surface area contributed by atoms with Crippen LogP contribution in [0.1, 0.15) is 24.2 Å². The number of nitrogens with zero attached hydrogens (tertiary/aromatic N) is 4. The van der Waals surface area contributed by atoms with Gasteiger partial charge in [0.05, 0.1) is 23.6 Å². The van der Waals surface area contributed by atoms with Crippen LogP contribution in [0, 0.1) is 19.8 Å². The van der Waals surface area contributed by atoms with Crippen LogP contribution in [0.3, 0.4) is 0 Å². The van der Waals surface area contributed by atoms with Crippen molar-refractivity contribution in [2.75, 3.05) is 17.2 Å². The van der Waals surface area contributed by atoms with E-state index in [4.69, 9.17) is 5.73 Å². The van der Waals surface area contributed by atoms with E-state index in [0.29, 0.717) is 12.1 Å². The SMILES string of the molecule is Cc1cc(-c2c(-c3ccccc3)[nH+]c(N)n3c(=O)n(CC4CCCS(=O)(=O)C4)nc23)cc(C)n1. The van der Waals surface area contributed by atoms with Crippen molar-refractivity contribution in [1.82, 2.24) is 19.2 Å². The van der Waals surface area contributed by atoms with Crippen molar-refractivity contribution in [3.05, 3.63) is 64.3 Å². The van der Waals surface area contributed by atoms with Gasteiger partial charge in [-0.3, -0.25) is 10.7 Å². The van der Waals surface area contributed by atoms with Crippen LogP contribution in [0.5, 0.6) is 0 Å². The van der Waals surface area contributed by atoms with Gasteiger partial charge in [0.2, 0.25) is 5.65 Å². The molecule has 4 aromatic rings. The molecule has 1 atom stereocenters. The van der Waals surface area contributed by atoms with Crippen molar-refractivity contribution >= 4 is 21.4 Å². The molecule has 4 heterocycles. The van der Waals surface area contributed by atoms with Crippen LogP contribution in [0.4, 0.5) is 5.95 Å². The number of hydrogen-bond acceptors (Lipinski definition) is 6. The normalized spacial score (nSPS) is 17.8. The summed E-state index contributed by atoms with van der Waals surface area (Å²) >= 11 is 0. The molecule has 0 spiro atoms. The van der Waals surface area contributed by atoms with E-state index in [1.807, 2.05) is 56.3 Å². The Labute approximate surface area is 197 Å². The molecule has 0 bridgehead atoms. The highest BCUT2D eigenvalue weighted by Gasteiger charge is 2.29. The number of pyridine rings is 1. The molecule has 1 aromatic carbocycles. The fraction of sp³-hybridized carbons (Fsp3) is 0.333. The van der Waals surface area contributed by atoms with Gasteiger partial charge in [0, 0.05) is 17.0 Å².